The maximum Gasteiger partial charge on any atom is 0.258 e. The van der Waals surface area contributed by atoms with Gasteiger partial charge in [0.2, 0.25) is 0 Å². The number of hydrogen-bond acceptors (Lipinski definition) is 3. The van der Waals surface area contributed by atoms with Gasteiger partial charge < -0.3 is 10.0 Å². The molecule has 1 heterocycles. The van der Waals surface area contributed by atoms with Gasteiger partial charge in [-0.2, -0.15) is 0 Å². The minimum Gasteiger partial charge on any atom is -0.390 e. The highest BCUT2D eigenvalue weighted by molar-refractivity contribution is 9.10. The van der Waals surface area contributed by atoms with E-state index in [-0.39, 0.29) is 18.2 Å². The zero-order valence-corrected chi connectivity index (χ0v) is 12.3. The highest BCUT2D eigenvalue weighted by Gasteiger charge is 2.17. The normalized spacial score (nSPS) is 10.4. The number of carbonyl (C=O) groups is 1. The molecule has 1 aromatic heterocycles. The zero-order valence-electron chi connectivity index (χ0n) is 10.7. The van der Waals surface area contributed by atoms with Crippen molar-refractivity contribution >= 4 is 27.5 Å². The summed E-state index contributed by atoms with van der Waals surface area (Å²) in [5.74, 6) is -0.861. The third-order valence-corrected chi connectivity index (χ3v) is 3.29. The molecule has 0 saturated heterocycles. The molecule has 2 rings (SSSR count). The molecule has 0 aliphatic heterocycles. The summed E-state index contributed by atoms with van der Waals surface area (Å²) in [6.45, 7) is -0.254. The number of aromatic nitrogens is 1. The van der Waals surface area contributed by atoms with Gasteiger partial charge in [0.25, 0.3) is 5.91 Å². The first-order chi connectivity index (χ1) is 9.52. The van der Waals surface area contributed by atoms with Gasteiger partial charge in [-0.15, -0.1) is 0 Å². The smallest absolute Gasteiger partial charge is 0.258 e. The van der Waals surface area contributed by atoms with Gasteiger partial charge in [0.15, 0.2) is 0 Å². The number of pyridine rings is 1. The first kappa shape index (κ1) is 14.6. The second-order valence-electron chi connectivity index (χ2n) is 4.15. The lowest BCUT2D eigenvalue weighted by atomic mass is 10.2. The summed E-state index contributed by atoms with van der Waals surface area (Å²) in [7, 11) is 1.49. The first-order valence-corrected chi connectivity index (χ1v) is 6.61. The fraction of sp³-hybridized carbons (Fsp3) is 0.143. The van der Waals surface area contributed by atoms with Gasteiger partial charge in [-0.05, 0) is 30.3 Å². The van der Waals surface area contributed by atoms with Crippen molar-refractivity contribution in [2.45, 2.75) is 6.61 Å². The van der Waals surface area contributed by atoms with Crippen LogP contribution in [0, 0.1) is 5.82 Å². The van der Waals surface area contributed by atoms with Crippen molar-refractivity contribution in [2.75, 3.05) is 11.9 Å². The minimum atomic E-state index is -0.486. The van der Waals surface area contributed by atoms with Crippen molar-refractivity contribution in [3.63, 3.8) is 0 Å². The molecule has 0 saturated carbocycles. The van der Waals surface area contributed by atoms with Gasteiger partial charge in [0.05, 0.1) is 18.0 Å². The van der Waals surface area contributed by atoms with Gasteiger partial charge in [-0.3, -0.25) is 9.78 Å². The molecule has 1 N–H and O–H groups in total. The lowest BCUT2D eigenvalue weighted by Gasteiger charge is -2.18. The average molecular weight is 339 g/mol. The molecule has 2 aromatic rings. The molecular formula is C14H12BrFN2O2. The number of amides is 1. The molecule has 0 fully saturated rings. The van der Waals surface area contributed by atoms with E-state index in [1.54, 1.807) is 6.07 Å². The van der Waals surface area contributed by atoms with Crippen molar-refractivity contribution in [1.29, 1.82) is 0 Å². The number of halogens is 2. The Kier molecular flexibility index (Phi) is 4.46. The van der Waals surface area contributed by atoms with E-state index < -0.39 is 5.82 Å². The van der Waals surface area contributed by atoms with Gasteiger partial charge >= 0.3 is 0 Å². The highest BCUT2D eigenvalue weighted by Crippen LogP contribution is 2.24. The number of carbonyl (C=O) groups excluding carboxylic acids is 1. The molecule has 1 aromatic carbocycles. The monoisotopic (exact) mass is 338 g/mol. The molecule has 0 spiro atoms. The molecule has 1 amide bonds. The maximum atomic E-state index is 13.8. The molecular weight excluding hydrogens is 327 g/mol. The fourth-order valence-electron chi connectivity index (χ4n) is 1.74. The Hall–Kier alpha value is -1.79. The Balaban J connectivity index is 2.34. The predicted octanol–water partition coefficient (Wildman–Crippen LogP) is 2.75. The fourth-order valence-corrected chi connectivity index (χ4v) is 2.09. The summed E-state index contributed by atoms with van der Waals surface area (Å²) in [6, 6.07) is 7.38. The number of benzene rings is 1. The second kappa shape index (κ2) is 6.11. The topological polar surface area (TPSA) is 53.4 Å². The van der Waals surface area contributed by atoms with E-state index in [0.717, 1.165) is 0 Å². The number of hydrogen-bond donors (Lipinski definition) is 1. The number of aliphatic hydroxyl groups is 1. The van der Waals surface area contributed by atoms with Crippen LogP contribution in [0.5, 0.6) is 0 Å². The SMILES string of the molecule is CN(C(=O)c1ccnc(CO)c1)c1cc(Br)ccc1F. The largest absolute Gasteiger partial charge is 0.390 e. The Morgan fingerprint density at radius 2 is 2.15 bits per heavy atom. The van der Waals surface area contributed by atoms with Crippen LogP contribution in [-0.2, 0) is 6.61 Å². The third-order valence-electron chi connectivity index (χ3n) is 2.80. The van der Waals surface area contributed by atoms with E-state index in [2.05, 4.69) is 20.9 Å². The van der Waals surface area contributed by atoms with Crippen LogP contribution in [0.15, 0.2) is 41.0 Å². The Morgan fingerprint density at radius 3 is 2.85 bits per heavy atom. The summed E-state index contributed by atoms with van der Waals surface area (Å²) in [6.07, 6.45) is 1.43. The molecule has 104 valence electrons. The molecule has 0 radical (unpaired) electrons. The Morgan fingerprint density at radius 1 is 1.40 bits per heavy atom. The zero-order chi connectivity index (χ0) is 14.7. The predicted molar refractivity (Wildman–Crippen MR) is 77.0 cm³/mol. The molecule has 20 heavy (non-hydrogen) atoms. The molecule has 6 heteroatoms. The van der Waals surface area contributed by atoms with Crippen molar-refractivity contribution in [3.05, 3.63) is 58.1 Å². The van der Waals surface area contributed by atoms with Gasteiger partial charge in [0.1, 0.15) is 5.82 Å². The standard InChI is InChI=1S/C14H12BrFN2O2/c1-18(13-7-10(15)2-3-12(13)16)14(20)9-4-5-17-11(6-9)8-19/h2-7,19H,8H2,1H3. The third kappa shape index (κ3) is 3.02. The van der Waals surface area contributed by atoms with Crippen LogP contribution in [0.25, 0.3) is 0 Å². The quantitative estimate of drug-likeness (QED) is 0.936. The summed E-state index contributed by atoms with van der Waals surface area (Å²) in [4.78, 5) is 17.4. The summed E-state index contributed by atoms with van der Waals surface area (Å²) >= 11 is 3.25. The van der Waals surface area contributed by atoms with E-state index >= 15 is 0 Å². The Labute approximate surface area is 124 Å². The van der Waals surface area contributed by atoms with Crippen LogP contribution in [0.1, 0.15) is 16.1 Å². The summed E-state index contributed by atoms with van der Waals surface area (Å²) in [5, 5.41) is 9.03. The van der Waals surface area contributed by atoms with Crippen molar-refractivity contribution in [2.24, 2.45) is 0 Å². The first-order valence-electron chi connectivity index (χ1n) is 5.82. The highest BCUT2D eigenvalue weighted by atomic mass is 79.9. The molecule has 0 atom stereocenters. The Bertz CT molecular complexity index is 649. The minimum absolute atomic E-state index is 0.173. The average Bonchev–Trinajstić information content (AvgIpc) is 2.48. The summed E-state index contributed by atoms with van der Waals surface area (Å²) < 4.78 is 14.5. The van der Waals surface area contributed by atoms with Gasteiger partial charge in [-0.25, -0.2) is 4.39 Å². The van der Waals surface area contributed by atoms with Crippen molar-refractivity contribution in [3.8, 4) is 0 Å². The lowest BCUT2D eigenvalue weighted by molar-refractivity contribution is 0.0992. The second-order valence-corrected chi connectivity index (χ2v) is 5.07. The van der Waals surface area contributed by atoms with Crippen LogP contribution in [0.4, 0.5) is 10.1 Å². The van der Waals surface area contributed by atoms with E-state index in [4.69, 9.17) is 5.11 Å². The number of aliphatic hydroxyl groups excluding tert-OH is 1. The number of anilines is 1. The van der Waals surface area contributed by atoms with Crippen LogP contribution in [-0.4, -0.2) is 23.0 Å². The van der Waals surface area contributed by atoms with Crippen LogP contribution in [0.2, 0.25) is 0 Å². The molecule has 4 nitrogen and oxygen atoms in total. The van der Waals surface area contributed by atoms with E-state index in [1.165, 1.54) is 42.4 Å². The lowest BCUT2D eigenvalue weighted by Crippen LogP contribution is -2.27. The van der Waals surface area contributed by atoms with Crippen LogP contribution in [0.3, 0.4) is 0 Å². The van der Waals surface area contributed by atoms with E-state index in [1.807, 2.05) is 0 Å². The van der Waals surface area contributed by atoms with E-state index in [9.17, 15) is 9.18 Å². The molecule has 0 unspecified atom stereocenters. The molecule has 0 aliphatic carbocycles. The number of rotatable bonds is 3. The maximum absolute atomic E-state index is 13.8. The van der Waals surface area contributed by atoms with E-state index in [0.29, 0.717) is 15.7 Å². The van der Waals surface area contributed by atoms with Gasteiger partial charge in [0, 0.05) is 23.3 Å². The molecule has 0 aliphatic rings. The number of nitrogens with zero attached hydrogens (tertiary/aromatic N) is 2. The summed E-state index contributed by atoms with van der Waals surface area (Å²) in [5.41, 5.74) is 0.900. The van der Waals surface area contributed by atoms with Gasteiger partial charge in [-0.1, -0.05) is 15.9 Å². The van der Waals surface area contributed by atoms with Crippen molar-refractivity contribution < 1.29 is 14.3 Å². The van der Waals surface area contributed by atoms with Crippen LogP contribution >= 0.6 is 15.9 Å². The van der Waals surface area contributed by atoms with Crippen LogP contribution < -0.4 is 4.90 Å². The molecule has 0 bridgehead atoms. The van der Waals surface area contributed by atoms with Crippen molar-refractivity contribution in [1.82, 2.24) is 4.98 Å².